The largest absolute Gasteiger partial charge is 0.450 e. The van der Waals surface area contributed by atoms with Crippen LogP contribution in [-0.2, 0) is 19.1 Å². The average Bonchev–Trinajstić information content (AvgIpc) is 3.53. The summed E-state index contributed by atoms with van der Waals surface area (Å²) in [5.41, 5.74) is -4.50. The summed E-state index contributed by atoms with van der Waals surface area (Å²) in [6, 6.07) is 0. The van der Waals surface area contributed by atoms with Crippen molar-refractivity contribution in [2.24, 2.45) is 34.5 Å². The summed E-state index contributed by atoms with van der Waals surface area (Å²) < 4.78 is 23.3. The number of ether oxygens (including phenoxy) is 1. The maximum atomic E-state index is 17.2. The standard InChI is InChI=1S/C26H33FO5/c1-14-11-20-19-8-7-17-12-18(29)9-10-23(17,3)25(19,27)21(30)13-24(20,4)26(14,15(2)28)32-22(31)16-5-6-16/h9-10,12,14,16,19-21,30H,5-8,11,13H2,1-4H3/t14-,19+,20+,21+,23+,24+,25+,26+/m1/s1. The molecule has 0 heterocycles. The van der Waals surface area contributed by atoms with Gasteiger partial charge in [0.1, 0.15) is 0 Å². The van der Waals surface area contributed by atoms with Gasteiger partial charge in [0.15, 0.2) is 22.8 Å². The van der Waals surface area contributed by atoms with Gasteiger partial charge in [0.25, 0.3) is 0 Å². The van der Waals surface area contributed by atoms with Crippen molar-refractivity contribution >= 4 is 17.5 Å². The minimum Gasteiger partial charge on any atom is -0.450 e. The zero-order valence-electron chi connectivity index (χ0n) is 19.3. The van der Waals surface area contributed by atoms with Crippen molar-refractivity contribution in [3.63, 3.8) is 0 Å². The molecule has 32 heavy (non-hydrogen) atoms. The molecule has 0 aromatic heterocycles. The van der Waals surface area contributed by atoms with Crippen molar-refractivity contribution in [1.82, 2.24) is 0 Å². The van der Waals surface area contributed by atoms with Gasteiger partial charge in [-0.25, -0.2) is 4.39 Å². The predicted octanol–water partition coefficient (Wildman–Crippen LogP) is 3.88. The molecule has 174 valence electrons. The Morgan fingerprint density at radius 2 is 1.88 bits per heavy atom. The fourth-order valence-electron chi connectivity index (χ4n) is 8.13. The van der Waals surface area contributed by atoms with Gasteiger partial charge in [0, 0.05) is 22.7 Å². The number of rotatable bonds is 3. The number of esters is 1. The lowest BCUT2D eigenvalue weighted by atomic mass is 9.44. The van der Waals surface area contributed by atoms with E-state index in [-0.39, 0.29) is 41.7 Å². The molecular weight excluding hydrogens is 411 g/mol. The minimum atomic E-state index is -1.95. The Kier molecular flexibility index (Phi) is 4.55. The van der Waals surface area contributed by atoms with Gasteiger partial charge in [-0.15, -0.1) is 0 Å². The van der Waals surface area contributed by atoms with Crippen LogP contribution in [0.2, 0.25) is 0 Å². The highest BCUT2D eigenvalue weighted by Gasteiger charge is 2.76. The Labute approximate surface area is 188 Å². The molecule has 5 aliphatic carbocycles. The topological polar surface area (TPSA) is 80.7 Å². The lowest BCUT2D eigenvalue weighted by Gasteiger charge is -2.62. The van der Waals surface area contributed by atoms with E-state index < -0.39 is 34.1 Å². The number of hydrogen-bond donors (Lipinski definition) is 1. The van der Waals surface area contributed by atoms with Gasteiger partial charge in [-0.05, 0) is 70.4 Å². The van der Waals surface area contributed by atoms with Crippen LogP contribution in [-0.4, -0.2) is 40.0 Å². The number of halogens is 1. The number of fused-ring (bicyclic) bond motifs is 5. The molecule has 0 saturated heterocycles. The van der Waals surface area contributed by atoms with Crippen LogP contribution in [0.25, 0.3) is 0 Å². The number of carbonyl (C=O) groups excluding carboxylic acids is 3. The van der Waals surface area contributed by atoms with Gasteiger partial charge in [-0.3, -0.25) is 14.4 Å². The molecule has 0 amide bonds. The Morgan fingerprint density at radius 3 is 2.50 bits per heavy atom. The maximum absolute atomic E-state index is 17.2. The third kappa shape index (κ3) is 2.45. The Hall–Kier alpha value is -1.82. The van der Waals surface area contributed by atoms with Gasteiger partial charge < -0.3 is 9.84 Å². The molecule has 0 aromatic rings. The average molecular weight is 445 g/mol. The maximum Gasteiger partial charge on any atom is 0.309 e. The fraction of sp³-hybridized carbons (Fsp3) is 0.731. The molecule has 0 aromatic carbocycles. The molecule has 0 radical (unpaired) electrons. The number of hydrogen-bond acceptors (Lipinski definition) is 5. The predicted molar refractivity (Wildman–Crippen MR) is 115 cm³/mol. The third-order valence-corrected chi connectivity index (χ3v) is 9.88. The van der Waals surface area contributed by atoms with E-state index in [0.29, 0.717) is 19.3 Å². The first kappa shape index (κ1) is 22.0. The Balaban J connectivity index is 1.60. The molecular formula is C26H33FO5. The smallest absolute Gasteiger partial charge is 0.309 e. The summed E-state index contributed by atoms with van der Waals surface area (Å²) in [6.45, 7) is 7.09. The van der Waals surface area contributed by atoms with Gasteiger partial charge in [-0.1, -0.05) is 25.5 Å². The summed E-state index contributed by atoms with van der Waals surface area (Å²) >= 11 is 0. The third-order valence-electron chi connectivity index (χ3n) is 9.88. The number of alkyl halides is 1. The molecule has 0 spiro atoms. The Bertz CT molecular complexity index is 965. The molecule has 5 nitrogen and oxygen atoms in total. The molecule has 0 bridgehead atoms. The molecule has 4 fully saturated rings. The van der Waals surface area contributed by atoms with Crippen molar-refractivity contribution in [2.75, 3.05) is 0 Å². The van der Waals surface area contributed by atoms with Gasteiger partial charge in [-0.2, -0.15) is 0 Å². The zero-order chi connectivity index (χ0) is 23.3. The normalized spacial score (nSPS) is 49.6. The molecule has 5 rings (SSSR count). The summed E-state index contributed by atoms with van der Waals surface area (Å²) in [6.07, 6.45) is 6.44. The van der Waals surface area contributed by atoms with E-state index in [4.69, 9.17) is 4.74 Å². The number of allylic oxidation sites excluding steroid dienone is 4. The lowest BCUT2D eigenvalue weighted by Crippen LogP contribution is -2.69. The first-order chi connectivity index (χ1) is 14.9. The van der Waals surface area contributed by atoms with Crippen molar-refractivity contribution in [3.05, 3.63) is 23.8 Å². The van der Waals surface area contributed by atoms with Crippen molar-refractivity contribution in [3.8, 4) is 0 Å². The van der Waals surface area contributed by atoms with E-state index >= 15 is 4.39 Å². The molecule has 5 aliphatic rings. The minimum absolute atomic E-state index is 0.0389. The van der Waals surface area contributed by atoms with Crippen LogP contribution in [0.15, 0.2) is 23.8 Å². The zero-order valence-corrected chi connectivity index (χ0v) is 19.3. The van der Waals surface area contributed by atoms with Crippen LogP contribution in [0.4, 0.5) is 4.39 Å². The van der Waals surface area contributed by atoms with Crippen molar-refractivity contribution in [1.29, 1.82) is 0 Å². The van der Waals surface area contributed by atoms with Gasteiger partial charge in [0.2, 0.25) is 0 Å². The van der Waals surface area contributed by atoms with Crippen LogP contribution in [0.3, 0.4) is 0 Å². The van der Waals surface area contributed by atoms with E-state index in [0.717, 1.165) is 18.4 Å². The molecule has 1 N–H and O–H groups in total. The number of ketones is 2. The quantitative estimate of drug-likeness (QED) is 0.668. The van der Waals surface area contributed by atoms with Crippen LogP contribution in [0.5, 0.6) is 0 Å². The van der Waals surface area contributed by atoms with Gasteiger partial charge >= 0.3 is 5.97 Å². The van der Waals surface area contributed by atoms with E-state index in [1.54, 1.807) is 13.0 Å². The van der Waals surface area contributed by atoms with Crippen LogP contribution in [0.1, 0.15) is 66.2 Å². The lowest BCUT2D eigenvalue weighted by molar-refractivity contribution is -0.227. The van der Waals surface area contributed by atoms with Crippen molar-refractivity contribution in [2.45, 2.75) is 83.6 Å². The second-order valence-corrected chi connectivity index (χ2v) is 11.4. The SMILES string of the molecule is CC(=O)[C@@]1(OC(=O)C2CC2)[C@H](C)C[C@H]2[C@@H]3CCC4=CC(=O)C=C[C@]4(C)[C@@]3(F)[C@@H](O)C[C@@]21C. The highest BCUT2D eigenvalue weighted by molar-refractivity contribution is 6.01. The summed E-state index contributed by atoms with van der Waals surface area (Å²) in [5.74, 6) is -1.83. The van der Waals surface area contributed by atoms with E-state index in [9.17, 15) is 19.5 Å². The van der Waals surface area contributed by atoms with Crippen molar-refractivity contribution < 1.29 is 28.6 Å². The summed E-state index contributed by atoms with van der Waals surface area (Å²) in [4.78, 5) is 37.9. The molecule has 4 saturated carbocycles. The van der Waals surface area contributed by atoms with E-state index in [1.807, 2.05) is 13.8 Å². The Morgan fingerprint density at radius 1 is 1.19 bits per heavy atom. The van der Waals surface area contributed by atoms with Crippen LogP contribution >= 0.6 is 0 Å². The highest BCUT2D eigenvalue weighted by Crippen LogP contribution is 2.71. The highest BCUT2D eigenvalue weighted by atomic mass is 19.1. The number of aliphatic hydroxyl groups excluding tert-OH is 1. The first-order valence-electron chi connectivity index (χ1n) is 12.0. The van der Waals surface area contributed by atoms with Crippen LogP contribution < -0.4 is 0 Å². The van der Waals surface area contributed by atoms with Crippen LogP contribution in [0, 0.1) is 34.5 Å². The second kappa shape index (κ2) is 6.62. The first-order valence-corrected chi connectivity index (χ1v) is 12.0. The summed E-state index contributed by atoms with van der Waals surface area (Å²) in [5, 5.41) is 11.4. The molecule has 0 aliphatic heterocycles. The molecule has 6 heteroatoms. The van der Waals surface area contributed by atoms with Gasteiger partial charge in [0.05, 0.1) is 12.0 Å². The molecule has 0 unspecified atom stereocenters. The fourth-order valence-corrected chi connectivity index (χ4v) is 8.13. The van der Waals surface area contributed by atoms with E-state index in [2.05, 4.69) is 0 Å². The molecule has 8 atom stereocenters. The number of aliphatic hydroxyl groups is 1. The van der Waals surface area contributed by atoms with E-state index in [1.165, 1.54) is 19.1 Å². The monoisotopic (exact) mass is 444 g/mol. The summed E-state index contributed by atoms with van der Waals surface area (Å²) in [7, 11) is 0. The number of carbonyl (C=O) groups is 3. The second-order valence-electron chi connectivity index (χ2n) is 11.4. The number of Topliss-reactive ketones (excluding diaryl/α,β-unsaturated/α-hetero) is 1.